The number of ether oxygens (including phenoxy) is 2. The molecule has 0 saturated heterocycles. The van der Waals surface area contributed by atoms with Gasteiger partial charge in [0.05, 0.1) is 7.11 Å². The first-order valence-electron chi connectivity index (χ1n) is 8.06. The Hall–Kier alpha value is -2.75. The molecule has 0 fully saturated rings. The Morgan fingerprint density at radius 2 is 2.00 bits per heavy atom. The number of carbonyl (C=O) groups excluding carboxylic acids is 1. The van der Waals surface area contributed by atoms with Crippen molar-refractivity contribution in [2.45, 2.75) is 19.3 Å². The van der Waals surface area contributed by atoms with E-state index in [0.29, 0.717) is 23.7 Å². The van der Waals surface area contributed by atoms with E-state index in [-0.39, 0.29) is 5.91 Å². The van der Waals surface area contributed by atoms with E-state index in [9.17, 15) is 4.79 Å². The quantitative estimate of drug-likeness (QED) is 0.817. The summed E-state index contributed by atoms with van der Waals surface area (Å²) in [5.41, 5.74) is 4.07. The molecule has 0 heterocycles. The van der Waals surface area contributed by atoms with Crippen LogP contribution in [-0.2, 0) is 12.8 Å². The van der Waals surface area contributed by atoms with Gasteiger partial charge in [0.15, 0.2) is 11.5 Å². The Bertz CT molecular complexity index is 767. The summed E-state index contributed by atoms with van der Waals surface area (Å²) in [6.45, 7) is 4.00. The number of hydrogen-bond donors (Lipinski definition) is 1. The first kappa shape index (κ1) is 16.1. The van der Waals surface area contributed by atoms with Gasteiger partial charge in [-0.1, -0.05) is 18.7 Å². The molecule has 1 aliphatic rings. The highest BCUT2D eigenvalue weighted by molar-refractivity contribution is 6.04. The number of aryl methyl sites for hydroxylation is 2. The third-order valence-electron chi connectivity index (χ3n) is 4.14. The summed E-state index contributed by atoms with van der Waals surface area (Å²) >= 11 is 0. The van der Waals surface area contributed by atoms with Crippen molar-refractivity contribution in [1.82, 2.24) is 0 Å². The number of nitrogens with one attached hydrogen (secondary N) is 1. The number of anilines is 1. The minimum atomic E-state index is -0.165. The van der Waals surface area contributed by atoms with E-state index in [1.54, 1.807) is 31.4 Å². The lowest BCUT2D eigenvalue weighted by Crippen LogP contribution is -2.12. The highest BCUT2D eigenvalue weighted by atomic mass is 16.5. The highest BCUT2D eigenvalue weighted by Crippen LogP contribution is 2.29. The van der Waals surface area contributed by atoms with Gasteiger partial charge in [0.2, 0.25) is 0 Å². The van der Waals surface area contributed by atoms with Crippen LogP contribution in [-0.4, -0.2) is 19.6 Å². The zero-order valence-electron chi connectivity index (χ0n) is 13.8. The van der Waals surface area contributed by atoms with Crippen LogP contribution in [0.5, 0.6) is 11.5 Å². The van der Waals surface area contributed by atoms with Gasteiger partial charge >= 0.3 is 0 Å². The van der Waals surface area contributed by atoms with Gasteiger partial charge in [0.25, 0.3) is 5.91 Å². The Balaban J connectivity index is 1.76. The minimum Gasteiger partial charge on any atom is -0.493 e. The predicted molar refractivity (Wildman–Crippen MR) is 95.1 cm³/mol. The van der Waals surface area contributed by atoms with Gasteiger partial charge in [-0.2, -0.15) is 0 Å². The molecule has 0 radical (unpaired) electrons. The van der Waals surface area contributed by atoms with Crippen molar-refractivity contribution in [1.29, 1.82) is 0 Å². The second-order valence-corrected chi connectivity index (χ2v) is 5.76. The molecular formula is C20H21NO3. The molecule has 4 nitrogen and oxygen atoms in total. The van der Waals surface area contributed by atoms with Crippen molar-refractivity contribution in [2.24, 2.45) is 0 Å². The Morgan fingerprint density at radius 1 is 1.17 bits per heavy atom. The molecule has 2 aromatic carbocycles. The maximum Gasteiger partial charge on any atom is 0.255 e. The maximum atomic E-state index is 12.5. The molecule has 0 atom stereocenters. The SMILES string of the molecule is C=CCOc1ccc(C(=O)Nc2ccc3c(c2)CCC3)cc1OC. The van der Waals surface area contributed by atoms with Crippen molar-refractivity contribution in [3.63, 3.8) is 0 Å². The van der Waals surface area contributed by atoms with Crippen LogP contribution in [0.1, 0.15) is 27.9 Å². The lowest BCUT2D eigenvalue weighted by atomic mass is 10.1. The first-order valence-corrected chi connectivity index (χ1v) is 8.06. The fraction of sp³-hybridized carbons (Fsp3) is 0.250. The van der Waals surface area contributed by atoms with E-state index in [1.807, 2.05) is 6.07 Å². The van der Waals surface area contributed by atoms with Gasteiger partial charge in [-0.25, -0.2) is 0 Å². The average Bonchev–Trinajstić information content (AvgIpc) is 3.07. The summed E-state index contributed by atoms with van der Waals surface area (Å²) < 4.78 is 10.8. The molecule has 0 bridgehead atoms. The fourth-order valence-electron chi connectivity index (χ4n) is 2.93. The van der Waals surface area contributed by atoms with Gasteiger partial charge in [-0.3, -0.25) is 4.79 Å². The van der Waals surface area contributed by atoms with Crippen molar-refractivity contribution in [3.05, 3.63) is 65.7 Å². The summed E-state index contributed by atoms with van der Waals surface area (Å²) in [5, 5.41) is 2.95. The summed E-state index contributed by atoms with van der Waals surface area (Å²) in [5.74, 6) is 0.950. The predicted octanol–water partition coefficient (Wildman–Crippen LogP) is 4.00. The summed E-state index contributed by atoms with van der Waals surface area (Å²) in [6, 6.07) is 11.3. The normalized spacial score (nSPS) is 12.4. The molecule has 1 amide bonds. The van der Waals surface area contributed by atoms with Crippen LogP contribution < -0.4 is 14.8 Å². The number of rotatable bonds is 6. The van der Waals surface area contributed by atoms with Gasteiger partial charge in [0.1, 0.15) is 6.61 Å². The third kappa shape index (κ3) is 3.43. The molecule has 124 valence electrons. The molecule has 0 spiro atoms. The van der Waals surface area contributed by atoms with Crippen molar-refractivity contribution in [2.75, 3.05) is 19.0 Å². The first-order chi connectivity index (χ1) is 11.7. The Morgan fingerprint density at radius 3 is 2.79 bits per heavy atom. The zero-order chi connectivity index (χ0) is 16.9. The second kappa shape index (κ2) is 7.21. The Kier molecular flexibility index (Phi) is 4.85. The molecule has 1 N–H and O–H groups in total. The Labute approximate surface area is 142 Å². The van der Waals surface area contributed by atoms with Gasteiger partial charge in [0, 0.05) is 11.3 Å². The summed E-state index contributed by atoms with van der Waals surface area (Å²) in [7, 11) is 1.55. The summed E-state index contributed by atoms with van der Waals surface area (Å²) in [4.78, 5) is 12.5. The van der Waals surface area contributed by atoms with E-state index in [4.69, 9.17) is 9.47 Å². The van der Waals surface area contributed by atoms with Crippen LogP contribution in [0.15, 0.2) is 49.1 Å². The molecule has 0 aromatic heterocycles. The topological polar surface area (TPSA) is 47.6 Å². The van der Waals surface area contributed by atoms with Crippen LogP contribution in [0.3, 0.4) is 0 Å². The number of methoxy groups -OCH3 is 1. The lowest BCUT2D eigenvalue weighted by Gasteiger charge is -2.12. The molecular weight excluding hydrogens is 302 g/mol. The molecule has 4 heteroatoms. The van der Waals surface area contributed by atoms with Gasteiger partial charge in [-0.05, 0) is 60.7 Å². The van der Waals surface area contributed by atoms with Crippen LogP contribution in [0.4, 0.5) is 5.69 Å². The van der Waals surface area contributed by atoms with Crippen molar-refractivity contribution < 1.29 is 14.3 Å². The number of carbonyl (C=O) groups is 1. The largest absolute Gasteiger partial charge is 0.493 e. The molecule has 3 rings (SSSR count). The van der Waals surface area contributed by atoms with Gasteiger partial charge < -0.3 is 14.8 Å². The lowest BCUT2D eigenvalue weighted by molar-refractivity contribution is 0.102. The van der Waals surface area contributed by atoms with Crippen molar-refractivity contribution >= 4 is 11.6 Å². The molecule has 1 aliphatic carbocycles. The smallest absolute Gasteiger partial charge is 0.255 e. The van der Waals surface area contributed by atoms with Crippen molar-refractivity contribution in [3.8, 4) is 11.5 Å². The maximum absolute atomic E-state index is 12.5. The number of hydrogen-bond acceptors (Lipinski definition) is 3. The molecule has 0 saturated carbocycles. The summed E-state index contributed by atoms with van der Waals surface area (Å²) in [6.07, 6.45) is 5.07. The van der Waals surface area contributed by atoms with Gasteiger partial charge in [-0.15, -0.1) is 0 Å². The molecule has 2 aromatic rings. The van der Waals surface area contributed by atoms with E-state index < -0.39 is 0 Å². The third-order valence-corrected chi connectivity index (χ3v) is 4.14. The van der Waals surface area contributed by atoms with Crippen LogP contribution >= 0.6 is 0 Å². The van der Waals surface area contributed by atoms with E-state index in [2.05, 4.69) is 24.0 Å². The van der Waals surface area contributed by atoms with Crippen LogP contribution in [0, 0.1) is 0 Å². The van der Waals surface area contributed by atoms with E-state index in [1.165, 1.54) is 17.5 Å². The minimum absolute atomic E-state index is 0.165. The number of fused-ring (bicyclic) bond motifs is 1. The fourth-order valence-corrected chi connectivity index (χ4v) is 2.93. The van der Waals surface area contributed by atoms with E-state index >= 15 is 0 Å². The average molecular weight is 323 g/mol. The monoisotopic (exact) mass is 323 g/mol. The highest BCUT2D eigenvalue weighted by Gasteiger charge is 2.14. The van der Waals surface area contributed by atoms with E-state index in [0.717, 1.165) is 18.5 Å². The zero-order valence-corrected chi connectivity index (χ0v) is 13.8. The van der Waals surface area contributed by atoms with Crippen LogP contribution in [0.25, 0.3) is 0 Å². The molecule has 0 aliphatic heterocycles. The number of benzene rings is 2. The standard InChI is InChI=1S/C20H21NO3/c1-3-11-24-18-10-8-16(13-19(18)23-2)20(22)21-17-9-7-14-5-4-6-15(14)12-17/h3,7-10,12-13H,1,4-6,11H2,2H3,(H,21,22). The van der Waals surface area contributed by atoms with Crippen LogP contribution in [0.2, 0.25) is 0 Å². The molecule has 24 heavy (non-hydrogen) atoms. The molecule has 0 unspecified atom stereocenters. The number of amides is 1. The second-order valence-electron chi connectivity index (χ2n) is 5.76.